The second-order valence-corrected chi connectivity index (χ2v) is 2.36. The summed E-state index contributed by atoms with van der Waals surface area (Å²) in [6.07, 6.45) is 3.62. The van der Waals surface area contributed by atoms with Crippen molar-refractivity contribution < 1.29 is 0 Å². The van der Waals surface area contributed by atoms with Crippen LogP contribution < -0.4 is 5.32 Å². The first-order chi connectivity index (χ1) is 4.47. The van der Waals surface area contributed by atoms with Crippen LogP contribution in [-0.4, -0.2) is 23.1 Å². The Balaban J connectivity index is 0.000000500. The van der Waals surface area contributed by atoms with Gasteiger partial charge in [0.15, 0.2) is 0 Å². The van der Waals surface area contributed by atoms with Gasteiger partial charge in [0, 0.05) is 30.9 Å². The Kier molecular flexibility index (Phi) is 4.49. The lowest BCUT2D eigenvalue weighted by Crippen LogP contribution is -2.40. The Labute approximate surface area is 77.8 Å². The largest absolute Gasteiger partial charge is 0.348 e. The number of halogens is 2. The molecule has 1 fully saturated rings. The molecular formula is C6H11Cl2N3. The summed E-state index contributed by atoms with van der Waals surface area (Å²) in [5.74, 6) is 0.687. The zero-order valence-corrected chi connectivity index (χ0v) is 7.54. The van der Waals surface area contributed by atoms with Crippen LogP contribution in [0, 0.1) is 0 Å². The molecule has 64 valence electrons. The average Bonchev–Trinajstić information content (AvgIpc) is 2.11. The maximum Gasteiger partial charge on any atom is 0.0921 e. The summed E-state index contributed by atoms with van der Waals surface area (Å²) in [7, 11) is 0. The molecule has 0 bridgehead atoms. The molecular weight excluding hydrogens is 185 g/mol. The third-order valence-corrected chi connectivity index (χ3v) is 1.74. The summed E-state index contributed by atoms with van der Waals surface area (Å²) >= 11 is 0. The normalized spacial score (nSPS) is 16.0. The quantitative estimate of drug-likeness (QED) is 0.701. The van der Waals surface area contributed by atoms with Crippen LogP contribution in [0.1, 0.15) is 11.6 Å². The van der Waals surface area contributed by atoms with Gasteiger partial charge in [0.25, 0.3) is 0 Å². The van der Waals surface area contributed by atoms with Gasteiger partial charge < -0.3 is 10.3 Å². The van der Waals surface area contributed by atoms with Crippen LogP contribution in [0.5, 0.6) is 0 Å². The average molecular weight is 196 g/mol. The monoisotopic (exact) mass is 195 g/mol. The van der Waals surface area contributed by atoms with Crippen molar-refractivity contribution >= 4 is 24.8 Å². The van der Waals surface area contributed by atoms with Crippen molar-refractivity contribution in [3.8, 4) is 0 Å². The van der Waals surface area contributed by atoms with Crippen molar-refractivity contribution in [3.05, 3.63) is 18.2 Å². The number of rotatable bonds is 1. The highest BCUT2D eigenvalue weighted by Crippen LogP contribution is 2.15. The van der Waals surface area contributed by atoms with E-state index in [0.717, 1.165) is 13.1 Å². The van der Waals surface area contributed by atoms with Crippen molar-refractivity contribution in [1.29, 1.82) is 0 Å². The zero-order valence-electron chi connectivity index (χ0n) is 5.91. The van der Waals surface area contributed by atoms with Gasteiger partial charge in [-0.2, -0.15) is 0 Å². The second-order valence-electron chi connectivity index (χ2n) is 2.36. The first kappa shape index (κ1) is 10.8. The van der Waals surface area contributed by atoms with E-state index in [0.29, 0.717) is 5.92 Å². The molecule has 1 aromatic rings. The molecule has 0 spiro atoms. The molecule has 5 heteroatoms. The summed E-state index contributed by atoms with van der Waals surface area (Å²) in [6.45, 7) is 2.20. The standard InChI is InChI=1S/C6H9N3.2ClH/c1-5(2-7-1)6-3-8-4-9-6;;/h3-5,7H,1-2H2,(H,8,9);2*1H. The van der Waals surface area contributed by atoms with Crippen molar-refractivity contribution in [2.75, 3.05) is 13.1 Å². The van der Waals surface area contributed by atoms with Crippen LogP contribution in [0.2, 0.25) is 0 Å². The van der Waals surface area contributed by atoms with Crippen molar-refractivity contribution in [2.24, 2.45) is 0 Å². The Morgan fingerprint density at radius 1 is 1.36 bits per heavy atom. The van der Waals surface area contributed by atoms with Crippen molar-refractivity contribution in [1.82, 2.24) is 15.3 Å². The van der Waals surface area contributed by atoms with E-state index in [1.165, 1.54) is 5.69 Å². The van der Waals surface area contributed by atoms with E-state index in [9.17, 15) is 0 Å². The Bertz CT molecular complexity index is 184. The molecule has 2 rings (SSSR count). The summed E-state index contributed by atoms with van der Waals surface area (Å²) in [4.78, 5) is 7.03. The number of nitrogens with zero attached hydrogens (tertiary/aromatic N) is 1. The lowest BCUT2D eigenvalue weighted by atomic mass is 10.0. The highest BCUT2D eigenvalue weighted by molar-refractivity contribution is 5.85. The summed E-state index contributed by atoms with van der Waals surface area (Å²) < 4.78 is 0. The molecule has 0 aromatic carbocycles. The number of aromatic nitrogens is 2. The van der Waals surface area contributed by atoms with E-state index < -0.39 is 0 Å². The van der Waals surface area contributed by atoms with Gasteiger partial charge in [-0.1, -0.05) is 0 Å². The first-order valence-electron chi connectivity index (χ1n) is 3.16. The first-order valence-corrected chi connectivity index (χ1v) is 3.16. The highest BCUT2D eigenvalue weighted by atomic mass is 35.5. The minimum absolute atomic E-state index is 0. The molecule has 1 aromatic heterocycles. The van der Waals surface area contributed by atoms with E-state index in [1.54, 1.807) is 6.33 Å². The van der Waals surface area contributed by atoms with E-state index in [4.69, 9.17) is 0 Å². The number of hydrogen-bond donors (Lipinski definition) is 2. The van der Waals surface area contributed by atoms with E-state index in [2.05, 4.69) is 15.3 Å². The fourth-order valence-electron chi connectivity index (χ4n) is 0.998. The lowest BCUT2D eigenvalue weighted by Gasteiger charge is -2.25. The lowest BCUT2D eigenvalue weighted by molar-refractivity contribution is 0.441. The fourth-order valence-corrected chi connectivity index (χ4v) is 0.998. The van der Waals surface area contributed by atoms with Crippen LogP contribution in [0.4, 0.5) is 0 Å². The molecule has 0 atom stereocenters. The molecule has 1 aliphatic heterocycles. The SMILES string of the molecule is Cl.Cl.c1ncc(C2CNC2)[nH]1. The Morgan fingerprint density at radius 2 is 2.09 bits per heavy atom. The van der Waals surface area contributed by atoms with Crippen LogP contribution >= 0.6 is 24.8 Å². The number of H-pyrrole nitrogens is 1. The molecule has 3 nitrogen and oxygen atoms in total. The van der Waals surface area contributed by atoms with Crippen molar-refractivity contribution in [3.63, 3.8) is 0 Å². The molecule has 11 heavy (non-hydrogen) atoms. The Hall–Kier alpha value is -0.250. The van der Waals surface area contributed by atoms with Crippen LogP contribution in [-0.2, 0) is 0 Å². The van der Waals surface area contributed by atoms with Gasteiger partial charge in [-0.05, 0) is 0 Å². The minimum Gasteiger partial charge on any atom is -0.348 e. The minimum atomic E-state index is 0. The van der Waals surface area contributed by atoms with E-state index in [1.807, 2.05) is 6.20 Å². The van der Waals surface area contributed by atoms with E-state index >= 15 is 0 Å². The predicted octanol–water partition coefficient (Wildman–Crippen LogP) is 0.940. The van der Waals surface area contributed by atoms with Gasteiger partial charge in [0.2, 0.25) is 0 Å². The number of hydrogen-bond acceptors (Lipinski definition) is 2. The summed E-state index contributed by atoms with van der Waals surface area (Å²) in [5, 5.41) is 3.20. The molecule has 0 aliphatic carbocycles. The van der Waals surface area contributed by atoms with Crippen LogP contribution in [0.25, 0.3) is 0 Å². The second kappa shape index (κ2) is 4.59. The molecule has 1 aliphatic rings. The van der Waals surface area contributed by atoms with Crippen LogP contribution in [0.15, 0.2) is 12.5 Å². The number of aromatic amines is 1. The molecule has 0 saturated carbocycles. The third-order valence-electron chi connectivity index (χ3n) is 1.74. The molecule has 2 heterocycles. The molecule has 0 amide bonds. The topological polar surface area (TPSA) is 40.7 Å². The maximum atomic E-state index is 3.94. The molecule has 1 saturated heterocycles. The maximum absolute atomic E-state index is 3.94. The van der Waals surface area contributed by atoms with Gasteiger partial charge in [-0.15, -0.1) is 24.8 Å². The predicted molar refractivity (Wildman–Crippen MR) is 48.7 cm³/mol. The van der Waals surface area contributed by atoms with Gasteiger partial charge in [0.05, 0.1) is 6.33 Å². The number of nitrogens with one attached hydrogen (secondary N) is 2. The van der Waals surface area contributed by atoms with Crippen LogP contribution in [0.3, 0.4) is 0 Å². The number of imidazole rings is 1. The van der Waals surface area contributed by atoms with E-state index in [-0.39, 0.29) is 24.8 Å². The molecule has 0 radical (unpaired) electrons. The summed E-state index contributed by atoms with van der Waals surface area (Å²) in [5.41, 5.74) is 1.26. The van der Waals surface area contributed by atoms with Gasteiger partial charge >= 0.3 is 0 Å². The molecule has 0 unspecified atom stereocenters. The summed E-state index contributed by atoms with van der Waals surface area (Å²) in [6, 6.07) is 0. The zero-order chi connectivity index (χ0) is 6.10. The van der Waals surface area contributed by atoms with Gasteiger partial charge in [-0.25, -0.2) is 4.98 Å². The van der Waals surface area contributed by atoms with Gasteiger partial charge in [-0.3, -0.25) is 0 Å². The fraction of sp³-hybridized carbons (Fsp3) is 0.500. The smallest absolute Gasteiger partial charge is 0.0921 e. The van der Waals surface area contributed by atoms with Crippen molar-refractivity contribution in [2.45, 2.75) is 5.92 Å². The molecule has 2 N–H and O–H groups in total. The Morgan fingerprint density at radius 3 is 2.45 bits per heavy atom. The van der Waals surface area contributed by atoms with Gasteiger partial charge in [0.1, 0.15) is 0 Å². The highest BCUT2D eigenvalue weighted by Gasteiger charge is 2.19. The third kappa shape index (κ3) is 2.09.